The van der Waals surface area contributed by atoms with Gasteiger partial charge in [0, 0.05) is 11.6 Å². The number of carbonyl (C=O) groups excluding carboxylic acids is 1. The van der Waals surface area contributed by atoms with Crippen molar-refractivity contribution in [3.63, 3.8) is 0 Å². The second kappa shape index (κ2) is 4.97. The molecule has 2 atom stereocenters. The van der Waals surface area contributed by atoms with Crippen LogP contribution in [0.5, 0.6) is 0 Å². The van der Waals surface area contributed by atoms with E-state index in [9.17, 15) is 4.79 Å². The predicted molar refractivity (Wildman–Crippen MR) is 68.7 cm³/mol. The molecule has 3 N–H and O–H groups in total. The van der Waals surface area contributed by atoms with Crippen LogP contribution in [0.15, 0.2) is 48.6 Å². The number of aryl methyl sites for hydroxylation is 1. The van der Waals surface area contributed by atoms with Crippen LogP contribution < -0.4 is 11.1 Å². The van der Waals surface area contributed by atoms with Gasteiger partial charge in [-0.3, -0.25) is 4.79 Å². The first kappa shape index (κ1) is 11.6. The van der Waals surface area contributed by atoms with Crippen molar-refractivity contribution in [2.75, 3.05) is 0 Å². The van der Waals surface area contributed by atoms with Crippen LogP contribution in [0.3, 0.4) is 0 Å². The average molecular weight is 228 g/mol. The van der Waals surface area contributed by atoms with Gasteiger partial charge in [-0.25, -0.2) is 0 Å². The summed E-state index contributed by atoms with van der Waals surface area (Å²) in [4.78, 5) is 11.9. The molecule has 0 saturated heterocycles. The molecule has 1 aromatic carbocycles. The third-order valence-corrected chi connectivity index (χ3v) is 2.79. The van der Waals surface area contributed by atoms with Gasteiger partial charge in [-0.1, -0.05) is 42.0 Å². The maximum absolute atomic E-state index is 11.9. The zero-order chi connectivity index (χ0) is 12.3. The predicted octanol–water partition coefficient (Wildman–Crippen LogP) is 1.55. The SMILES string of the molecule is Cc1ccc(C(=O)NC2C=CC=CC2N)cc1. The van der Waals surface area contributed by atoms with Crippen molar-refractivity contribution in [1.82, 2.24) is 5.32 Å². The Hall–Kier alpha value is -1.87. The van der Waals surface area contributed by atoms with Gasteiger partial charge in [-0.15, -0.1) is 0 Å². The quantitative estimate of drug-likeness (QED) is 0.807. The van der Waals surface area contributed by atoms with E-state index in [1.54, 1.807) is 0 Å². The number of amides is 1. The Morgan fingerprint density at radius 3 is 2.47 bits per heavy atom. The normalized spacial score (nSPS) is 22.5. The molecule has 1 aliphatic carbocycles. The number of benzene rings is 1. The second-order valence-corrected chi connectivity index (χ2v) is 4.21. The van der Waals surface area contributed by atoms with Crippen LogP contribution >= 0.6 is 0 Å². The van der Waals surface area contributed by atoms with Crippen molar-refractivity contribution in [3.8, 4) is 0 Å². The zero-order valence-electron chi connectivity index (χ0n) is 9.76. The lowest BCUT2D eigenvalue weighted by atomic mass is 10.0. The van der Waals surface area contributed by atoms with E-state index in [0.717, 1.165) is 5.56 Å². The Morgan fingerprint density at radius 2 is 1.82 bits per heavy atom. The summed E-state index contributed by atoms with van der Waals surface area (Å²) in [7, 11) is 0. The van der Waals surface area contributed by atoms with E-state index in [1.165, 1.54) is 0 Å². The highest BCUT2D eigenvalue weighted by Gasteiger charge is 2.17. The highest BCUT2D eigenvalue weighted by Crippen LogP contribution is 2.06. The Balaban J connectivity index is 2.04. The number of nitrogens with one attached hydrogen (secondary N) is 1. The number of nitrogens with two attached hydrogens (primary N) is 1. The van der Waals surface area contributed by atoms with Crippen molar-refractivity contribution >= 4 is 5.91 Å². The van der Waals surface area contributed by atoms with Gasteiger partial charge < -0.3 is 11.1 Å². The van der Waals surface area contributed by atoms with Crippen LogP contribution in [0.2, 0.25) is 0 Å². The molecule has 0 aromatic heterocycles. The fourth-order valence-electron chi connectivity index (χ4n) is 1.71. The third kappa shape index (κ3) is 2.82. The minimum Gasteiger partial charge on any atom is -0.344 e. The van der Waals surface area contributed by atoms with Crippen LogP contribution in [0, 0.1) is 6.92 Å². The Morgan fingerprint density at radius 1 is 1.18 bits per heavy atom. The molecule has 0 aliphatic heterocycles. The first-order valence-electron chi connectivity index (χ1n) is 5.65. The van der Waals surface area contributed by atoms with Crippen LogP contribution in [0.4, 0.5) is 0 Å². The van der Waals surface area contributed by atoms with Crippen LogP contribution in [0.1, 0.15) is 15.9 Å². The van der Waals surface area contributed by atoms with E-state index < -0.39 is 0 Å². The topological polar surface area (TPSA) is 55.1 Å². The molecule has 1 aliphatic rings. The van der Waals surface area contributed by atoms with Gasteiger partial charge >= 0.3 is 0 Å². The van der Waals surface area contributed by atoms with Gasteiger partial charge in [0.2, 0.25) is 0 Å². The monoisotopic (exact) mass is 228 g/mol. The maximum atomic E-state index is 11.9. The molecule has 0 radical (unpaired) electrons. The van der Waals surface area contributed by atoms with E-state index in [4.69, 9.17) is 5.73 Å². The maximum Gasteiger partial charge on any atom is 0.251 e. The molecule has 0 bridgehead atoms. The lowest BCUT2D eigenvalue weighted by Gasteiger charge is -2.21. The summed E-state index contributed by atoms with van der Waals surface area (Å²) in [5, 5.41) is 2.90. The molecule has 2 unspecified atom stereocenters. The lowest BCUT2D eigenvalue weighted by molar-refractivity contribution is 0.0942. The Labute approximate surface area is 101 Å². The van der Waals surface area contributed by atoms with E-state index in [1.807, 2.05) is 55.5 Å². The first-order valence-corrected chi connectivity index (χ1v) is 5.65. The van der Waals surface area contributed by atoms with E-state index >= 15 is 0 Å². The Bertz CT molecular complexity index is 460. The lowest BCUT2D eigenvalue weighted by Crippen LogP contribution is -2.46. The number of rotatable bonds is 2. The van der Waals surface area contributed by atoms with Crippen molar-refractivity contribution < 1.29 is 4.79 Å². The van der Waals surface area contributed by atoms with Crippen molar-refractivity contribution in [2.45, 2.75) is 19.0 Å². The highest BCUT2D eigenvalue weighted by molar-refractivity contribution is 5.94. The van der Waals surface area contributed by atoms with Gasteiger partial charge in [0.25, 0.3) is 5.91 Å². The fourth-order valence-corrected chi connectivity index (χ4v) is 1.71. The van der Waals surface area contributed by atoms with Gasteiger partial charge in [0.05, 0.1) is 6.04 Å². The summed E-state index contributed by atoms with van der Waals surface area (Å²) in [5.74, 6) is -0.0922. The van der Waals surface area contributed by atoms with Gasteiger partial charge in [0.1, 0.15) is 0 Å². The minimum absolute atomic E-state index is 0.0922. The summed E-state index contributed by atoms with van der Waals surface area (Å²) in [6.07, 6.45) is 7.56. The zero-order valence-corrected chi connectivity index (χ0v) is 9.76. The van der Waals surface area contributed by atoms with Crippen LogP contribution in [0.25, 0.3) is 0 Å². The van der Waals surface area contributed by atoms with Crippen molar-refractivity contribution in [3.05, 3.63) is 59.7 Å². The number of carbonyl (C=O) groups is 1. The summed E-state index contributed by atoms with van der Waals surface area (Å²) >= 11 is 0. The Kier molecular flexibility index (Phi) is 3.40. The van der Waals surface area contributed by atoms with Gasteiger partial charge in [-0.05, 0) is 19.1 Å². The van der Waals surface area contributed by atoms with Crippen molar-refractivity contribution in [1.29, 1.82) is 0 Å². The second-order valence-electron chi connectivity index (χ2n) is 4.21. The highest BCUT2D eigenvalue weighted by atomic mass is 16.1. The smallest absolute Gasteiger partial charge is 0.251 e. The molecule has 1 amide bonds. The molecule has 0 saturated carbocycles. The molecule has 3 nitrogen and oxygen atoms in total. The molecule has 17 heavy (non-hydrogen) atoms. The molecule has 88 valence electrons. The molecule has 0 heterocycles. The minimum atomic E-state index is -0.158. The number of hydrogen-bond donors (Lipinski definition) is 2. The average Bonchev–Trinajstić information content (AvgIpc) is 2.33. The van der Waals surface area contributed by atoms with Gasteiger partial charge in [-0.2, -0.15) is 0 Å². The molecular weight excluding hydrogens is 212 g/mol. The molecule has 3 heteroatoms. The molecule has 0 fully saturated rings. The molecule has 0 spiro atoms. The molecule has 1 aromatic rings. The number of hydrogen-bond acceptors (Lipinski definition) is 2. The summed E-state index contributed by atoms with van der Waals surface area (Å²) in [6.45, 7) is 1.99. The molecular formula is C14H16N2O. The van der Waals surface area contributed by atoms with E-state index in [0.29, 0.717) is 5.56 Å². The van der Waals surface area contributed by atoms with E-state index in [2.05, 4.69) is 5.32 Å². The summed E-state index contributed by atoms with van der Waals surface area (Å²) in [6, 6.07) is 7.19. The largest absolute Gasteiger partial charge is 0.344 e. The van der Waals surface area contributed by atoms with Crippen LogP contribution in [-0.4, -0.2) is 18.0 Å². The first-order chi connectivity index (χ1) is 8.16. The van der Waals surface area contributed by atoms with Gasteiger partial charge in [0.15, 0.2) is 0 Å². The van der Waals surface area contributed by atoms with E-state index in [-0.39, 0.29) is 18.0 Å². The van der Waals surface area contributed by atoms with Crippen LogP contribution in [-0.2, 0) is 0 Å². The summed E-state index contributed by atoms with van der Waals surface area (Å²) in [5.41, 5.74) is 7.67. The standard InChI is InChI=1S/C14H16N2O/c1-10-6-8-11(9-7-10)14(17)16-13-5-3-2-4-12(13)15/h2-9,12-13H,15H2,1H3,(H,16,17). The molecule has 2 rings (SSSR count). The van der Waals surface area contributed by atoms with Crippen molar-refractivity contribution in [2.24, 2.45) is 5.73 Å². The summed E-state index contributed by atoms with van der Waals surface area (Å²) < 4.78 is 0. The number of allylic oxidation sites excluding steroid dienone is 2. The third-order valence-electron chi connectivity index (χ3n) is 2.79. The fraction of sp³-hybridized carbons (Fsp3) is 0.214.